The van der Waals surface area contributed by atoms with Crippen molar-refractivity contribution in [1.82, 2.24) is 9.88 Å². The standard InChI is InChI=1S/C43H46F3N3O/c1-28-20-37(21-29(2)32(28)5)36-9-7-8-34(24-36)27-49(39-10-12-41(13-11-39)50-43(44,45)46)40-15-18-48(19-16-40)26-35-14-17-47-42(25-35)38-22-30(3)33(6)31(4)23-38/h7-14,17,20-25,40H,15-16,18-19,26-27H2,1-6H3. The van der Waals surface area contributed by atoms with E-state index in [1.54, 1.807) is 12.1 Å². The summed E-state index contributed by atoms with van der Waals surface area (Å²) >= 11 is 0. The van der Waals surface area contributed by atoms with Crippen LogP contribution < -0.4 is 9.64 Å². The van der Waals surface area contributed by atoms with Crippen LogP contribution in [0.15, 0.2) is 91.1 Å². The van der Waals surface area contributed by atoms with Crippen LogP contribution in [0, 0.1) is 41.5 Å². The Morgan fingerprint density at radius 1 is 0.700 bits per heavy atom. The quantitative estimate of drug-likeness (QED) is 0.155. The van der Waals surface area contributed by atoms with Crippen molar-refractivity contribution < 1.29 is 17.9 Å². The third-order valence-electron chi connectivity index (χ3n) is 10.4. The molecular formula is C43H46F3N3O. The highest BCUT2D eigenvalue weighted by molar-refractivity contribution is 5.67. The van der Waals surface area contributed by atoms with Crippen LogP contribution >= 0.6 is 0 Å². The topological polar surface area (TPSA) is 28.6 Å². The number of aryl methyl sites for hydroxylation is 4. The minimum absolute atomic E-state index is 0.212. The summed E-state index contributed by atoms with van der Waals surface area (Å²) in [5.74, 6) is -0.212. The van der Waals surface area contributed by atoms with Crippen LogP contribution in [0.5, 0.6) is 5.75 Å². The summed E-state index contributed by atoms with van der Waals surface area (Å²) in [6, 6.07) is 28.4. The largest absolute Gasteiger partial charge is 0.573 e. The van der Waals surface area contributed by atoms with Gasteiger partial charge in [0.15, 0.2) is 0 Å². The monoisotopic (exact) mass is 677 g/mol. The summed E-state index contributed by atoms with van der Waals surface area (Å²) in [6.07, 6.45) is -0.950. The molecule has 1 aliphatic heterocycles. The number of anilines is 1. The van der Waals surface area contributed by atoms with Crippen molar-refractivity contribution in [3.05, 3.63) is 136 Å². The average Bonchev–Trinajstić information content (AvgIpc) is 3.08. The number of hydrogen-bond acceptors (Lipinski definition) is 4. The number of alkyl halides is 3. The van der Waals surface area contributed by atoms with E-state index >= 15 is 0 Å². The molecule has 1 aliphatic rings. The molecule has 0 bridgehead atoms. The lowest BCUT2D eigenvalue weighted by atomic mass is 9.95. The summed E-state index contributed by atoms with van der Waals surface area (Å²) in [7, 11) is 0. The second kappa shape index (κ2) is 14.7. The molecule has 0 unspecified atom stereocenters. The fourth-order valence-corrected chi connectivity index (χ4v) is 7.08. The van der Waals surface area contributed by atoms with Gasteiger partial charge in [0.25, 0.3) is 0 Å². The van der Waals surface area contributed by atoms with Gasteiger partial charge >= 0.3 is 6.36 Å². The number of aromatic nitrogens is 1. The molecule has 5 aromatic rings. The first-order valence-corrected chi connectivity index (χ1v) is 17.4. The van der Waals surface area contributed by atoms with Crippen molar-refractivity contribution in [1.29, 1.82) is 0 Å². The van der Waals surface area contributed by atoms with Gasteiger partial charge in [-0.15, -0.1) is 13.2 Å². The molecule has 1 aromatic heterocycles. The lowest BCUT2D eigenvalue weighted by Gasteiger charge is -2.40. The fourth-order valence-electron chi connectivity index (χ4n) is 7.08. The third-order valence-corrected chi connectivity index (χ3v) is 10.4. The van der Waals surface area contributed by atoms with Gasteiger partial charge in [0, 0.05) is 49.7 Å². The molecule has 4 nitrogen and oxygen atoms in total. The highest BCUT2D eigenvalue weighted by Crippen LogP contribution is 2.32. The summed E-state index contributed by atoms with van der Waals surface area (Å²) < 4.78 is 43.0. The smallest absolute Gasteiger partial charge is 0.406 e. The van der Waals surface area contributed by atoms with Gasteiger partial charge in [-0.1, -0.05) is 30.3 Å². The highest BCUT2D eigenvalue weighted by atomic mass is 19.4. The Balaban J connectivity index is 1.20. The third kappa shape index (κ3) is 8.39. The Morgan fingerprint density at radius 3 is 1.90 bits per heavy atom. The first kappa shape index (κ1) is 35.2. The maximum atomic E-state index is 12.9. The van der Waals surface area contributed by atoms with Gasteiger partial charge in [0.2, 0.25) is 0 Å². The van der Waals surface area contributed by atoms with Gasteiger partial charge in [-0.25, -0.2) is 0 Å². The number of piperidine rings is 1. The first-order valence-electron chi connectivity index (χ1n) is 17.4. The Labute approximate surface area is 294 Å². The van der Waals surface area contributed by atoms with E-state index in [0.29, 0.717) is 6.54 Å². The molecule has 50 heavy (non-hydrogen) atoms. The number of benzene rings is 4. The van der Waals surface area contributed by atoms with Crippen LogP contribution in [-0.2, 0) is 13.1 Å². The molecule has 6 rings (SSSR count). The number of hydrogen-bond donors (Lipinski definition) is 0. The molecule has 2 heterocycles. The molecule has 0 N–H and O–H groups in total. The molecule has 1 saturated heterocycles. The van der Waals surface area contributed by atoms with E-state index in [4.69, 9.17) is 4.98 Å². The fraction of sp³-hybridized carbons (Fsp3) is 0.326. The lowest BCUT2D eigenvalue weighted by Crippen LogP contribution is -2.44. The lowest BCUT2D eigenvalue weighted by molar-refractivity contribution is -0.274. The van der Waals surface area contributed by atoms with Crippen LogP contribution in [0.3, 0.4) is 0 Å². The predicted molar refractivity (Wildman–Crippen MR) is 198 cm³/mol. The zero-order valence-corrected chi connectivity index (χ0v) is 29.9. The molecule has 260 valence electrons. The van der Waals surface area contributed by atoms with Gasteiger partial charge in [-0.2, -0.15) is 0 Å². The molecule has 0 radical (unpaired) electrons. The molecule has 7 heteroatoms. The molecule has 4 aromatic carbocycles. The van der Waals surface area contributed by atoms with Crippen molar-refractivity contribution in [2.75, 3.05) is 18.0 Å². The number of likely N-dealkylation sites (tertiary alicyclic amines) is 1. The van der Waals surface area contributed by atoms with E-state index in [9.17, 15) is 13.2 Å². The van der Waals surface area contributed by atoms with Crippen molar-refractivity contribution >= 4 is 5.69 Å². The summed E-state index contributed by atoms with van der Waals surface area (Å²) in [6.45, 7) is 16.2. The zero-order valence-electron chi connectivity index (χ0n) is 29.9. The van der Waals surface area contributed by atoms with Crippen LogP contribution in [0.1, 0.15) is 57.3 Å². The van der Waals surface area contributed by atoms with E-state index in [1.165, 1.54) is 56.6 Å². The summed E-state index contributed by atoms with van der Waals surface area (Å²) in [5, 5.41) is 0. The predicted octanol–water partition coefficient (Wildman–Crippen LogP) is 10.8. The molecule has 0 atom stereocenters. The molecule has 0 spiro atoms. The van der Waals surface area contributed by atoms with E-state index in [2.05, 4.69) is 117 Å². The SMILES string of the molecule is Cc1cc(-c2cccc(CN(c3ccc(OC(F)(F)F)cc3)C3CCN(Cc4ccnc(-c5cc(C)c(C)c(C)c5)c4)CC3)c2)cc(C)c1C. The van der Waals surface area contributed by atoms with Crippen molar-refractivity contribution in [3.63, 3.8) is 0 Å². The minimum Gasteiger partial charge on any atom is -0.406 e. The van der Waals surface area contributed by atoms with Crippen molar-refractivity contribution in [2.24, 2.45) is 0 Å². The van der Waals surface area contributed by atoms with Gasteiger partial charge in [0.1, 0.15) is 5.75 Å². The van der Waals surface area contributed by atoms with Crippen LogP contribution in [0.2, 0.25) is 0 Å². The van der Waals surface area contributed by atoms with Gasteiger partial charge in [-0.05, 0) is 165 Å². The molecule has 0 aliphatic carbocycles. The first-order chi connectivity index (χ1) is 23.8. The maximum Gasteiger partial charge on any atom is 0.573 e. The van der Waals surface area contributed by atoms with Gasteiger partial charge in [-0.3, -0.25) is 9.88 Å². The minimum atomic E-state index is -4.73. The summed E-state index contributed by atoms with van der Waals surface area (Å²) in [4.78, 5) is 9.53. The number of nitrogens with zero attached hydrogens (tertiary/aromatic N) is 3. The van der Waals surface area contributed by atoms with Crippen LogP contribution in [0.4, 0.5) is 18.9 Å². The molecular weight excluding hydrogens is 631 g/mol. The number of pyridine rings is 1. The molecule has 0 saturated carbocycles. The zero-order chi connectivity index (χ0) is 35.6. The number of ether oxygens (including phenoxy) is 1. The molecule has 0 amide bonds. The van der Waals surface area contributed by atoms with E-state index in [-0.39, 0.29) is 11.8 Å². The van der Waals surface area contributed by atoms with E-state index in [0.717, 1.165) is 60.5 Å². The van der Waals surface area contributed by atoms with Crippen LogP contribution in [-0.4, -0.2) is 35.4 Å². The Bertz CT molecular complexity index is 1910. The highest BCUT2D eigenvalue weighted by Gasteiger charge is 2.31. The van der Waals surface area contributed by atoms with Gasteiger partial charge in [0.05, 0.1) is 5.69 Å². The average molecular weight is 678 g/mol. The van der Waals surface area contributed by atoms with Gasteiger partial charge < -0.3 is 9.64 Å². The number of halogens is 3. The normalized spacial score (nSPS) is 14.2. The molecule has 1 fully saturated rings. The second-order valence-electron chi connectivity index (χ2n) is 13.9. The number of rotatable bonds is 9. The second-order valence-corrected chi connectivity index (χ2v) is 13.9. The maximum absolute atomic E-state index is 12.9. The Hall–Kier alpha value is -4.62. The Morgan fingerprint density at radius 2 is 1.30 bits per heavy atom. The van der Waals surface area contributed by atoms with Crippen molar-refractivity contribution in [3.8, 4) is 28.1 Å². The summed E-state index contributed by atoms with van der Waals surface area (Å²) in [5.41, 5.74) is 15.5. The Kier molecular flexibility index (Phi) is 10.4. The van der Waals surface area contributed by atoms with E-state index in [1.807, 2.05) is 6.20 Å². The van der Waals surface area contributed by atoms with Crippen LogP contribution in [0.25, 0.3) is 22.4 Å². The van der Waals surface area contributed by atoms with Crippen molar-refractivity contribution in [2.45, 2.75) is 79.9 Å². The van der Waals surface area contributed by atoms with E-state index < -0.39 is 6.36 Å².